The van der Waals surface area contributed by atoms with Gasteiger partial charge in [-0.25, -0.2) is 0 Å². The predicted octanol–water partition coefficient (Wildman–Crippen LogP) is 4.96. The molecule has 1 aliphatic rings. The molecule has 2 rings (SSSR count). The van der Waals surface area contributed by atoms with Crippen molar-refractivity contribution >= 4 is 25.8 Å². The number of rotatable bonds is 3. The molecule has 2 nitrogen and oxygen atoms in total. The number of hydrogen-bond donors (Lipinski definition) is 1. The zero-order chi connectivity index (χ0) is 18.3. The van der Waals surface area contributed by atoms with Crippen molar-refractivity contribution in [2.45, 2.75) is 52.0 Å². The summed E-state index contributed by atoms with van der Waals surface area (Å²) in [6, 6.07) is 4.14. The molecule has 1 saturated heterocycles. The lowest BCUT2D eigenvalue weighted by Gasteiger charge is -2.32. The maximum Gasteiger partial charge on any atom is 0.491 e. The molecule has 0 saturated carbocycles. The summed E-state index contributed by atoms with van der Waals surface area (Å²) in [6.45, 7) is 9.18. The highest BCUT2D eigenvalue weighted by molar-refractivity contribution is 7.80. The second-order valence-corrected chi connectivity index (χ2v) is 7.30. The number of benzene rings is 1. The molecule has 132 valence electrons. The summed E-state index contributed by atoms with van der Waals surface area (Å²) in [4.78, 5) is 0. The zero-order valence-electron chi connectivity index (χ0n) is 14.5. The molecule has 0 spiro atoms. The first-order valence-electron chi connectivity index (χ1n) is 7.73. The van der Waals surface area contributed by atoms with E-state index in [1.54, 1.807) is 12.1 Å². The Morgan fingerprint density at radius 2 is 1.71 bits per heavy atom. The molecule has 0 aromatic heterocycles. The lowest BCUT2D eigenvalue weighted by atomic mass is 9.78. The Balaban J connectivity index is 2.40. The molecular formula is C17H22BF3O2S. The SMILES string of the molecule is Cc1c(C=C(CS)B2OC(C)(C)C(C)(C)O2)cccc1C(F)(F)F. The molecular weight excluding hydrogens is 336 g/mol. The summed E-state index contributed by atoms with van der Waals surface area (Å²) in [5, 5.41) is 0. The van der Waals surface area contributed by atoms with Gasteiger partial charge in [-0.1, -0.05) is 18.2 Å². The molecule has 1 aromatic carbocycles. The first kappa shape index (κ1) is 19.4. The average Bonchev–Trinajstić information content (AvgIpc) is 2.64. The van der Waals surface area contributed by atoms with Gasteiger partial charge in [0.1, 0.15) is 0 Å². The van der Waals surface area contributed by atoms with Crippen LogP contribution >= 0.6 is 12.6 Å². The van der Waals surface area contributed by atoms with Crippen molar-refractivity contribution in [3.63, 3.8) is 0 Å². The van der Waals surface area contributed by atoms with E-state index in [9.17, 15) is 13.2 Å². The van der Waals surface area contributed by atoms with Gasteiger partial charge in [0, 0.05) is 5.75 Å². The molecule has 0 N–H and O–H groups in total. The van der Waals surface area contributed by atoms with Crippen molar-refractivity contribution in [3.05, 3.63) is 40.4 Å². The molecule has 0 bridgehead atoms. The maximum atomic E-state index is 13.1. The van der Waals surface area contributed by atoms with Crippen LogP contribution in [0.15, 0.2) is 23.7 Å². The van der Waals surface area contributed by atoms with Crippen LogP contribution in [0, 0.1) is 6.92 Å². The molecule has 0 amide bonds. The van der Waals surface area contributed by atoms with Crippen molar-refractivity contribution in [1.29, 1.82) is 0 Å². The predicted molar refractivity (Wildman–Crippen MR) is 94.1 cm³/mol. The Bertz CT molecular complexity index is 638. The van der Waals surface area contributed by atoms with E-state index < -0.39 is 30.1 Å². The fourth-order valence-corrected chi connectivity index (χ4v) is 2.74. The van der Waals surface area contributed by atoms with Gasteiger partial charge in [0.05, 0.1) is 16.8 Å². The van der Waals surface area contributed by atoms with E-state index in [2.05, 4.69) is 12.6 Å². The summed E-state index contributed by atoms with van der Waals surface area (Å²) in [6.07, 6.45) is -2.70. The Morgan fingerprint density at radius 3 is 2.17 bits per heavy atom. The number of alkyl halides is 3. The van der Waals surface area contributed by atoms with Crippen LogP contribution in [0.5, 0.6) is 0 Å². The Labute approximate surface area is 147 Å². The van der Waals surface area contributed by atoms with E-state index >= 15 is 0 Å². The third-order valence-electron chi connectivity index (χ3n) is 4.76. The van der Waals surface area contributed by atoms with E-state index in [4.69, 9.17) is 9.31 Å². The Hall–Kier alpha value is -0.915. The molecule has 1 fully saturated rings. The minimum atomic E-state index is -4.38. The molecule has 1 aromatic rings. The highest BCUT2D eigenvalue weighted by Gasteiger charge is 2.52. The standard InChI is InChI=1S/C17H22BF3O2S/c1-11-12(7-6-8-14(11)17(19,20)21)9-13(10-24)18-22-15(2,3)16(4,5)23-18/h6-9,24H,10H2,1-5H3. The highest BCUT2D eigenvalue weighted by atomic mass is 32.1. The van der Waals surface area contributed by atoms with E-state index in [0.29, 0.717) is 16.8 Å². The summed E-state index contributed by atoms with van der Waals surface area (Å²) >= 11 is 4.30. The Kier molecular flexibility index (Phi) is 5.20. The fraction of sp³-hybridized carbons (Fsp3) is 0.529. The van der Waals surface area contributed by atoms with E-state index in [1.165, 1.54) is 13.0 Å². The Morgan fingerprint density at radius 1 is 1.17 bits per heavy atom. The lowest BCUT2D eigenvalue weighted by Crippen LogP contribution is -2.41. The number of thiol groups is 1. The molecule has 1 heterocycles. The number of hydrogen-bond acceptors (Lipinski definition) is 3. The molecule has 1 aliphatic heterocycles. The average molecular weight is 358 g/mol. The van der Waals surface area contributed by atoms with E-state index in [-0.39, 0.29) is 5.56 Å². The largest absolute Gasteiger partial charge is 0.491 e. The topological polar surface area (TPSA) is 18.5 Å². The third kappa shape index (κ3) is 3.68. The molecule has 24 heavy (non-hydrogen) atoms. The van der Waals surface area contributed by atoms with Crippen LogP contribution in [0.25, 0.3) is 6.08 Å². The van der Waals surface area contributed by atoms with Gasteiger partial charge < -0.3 is 9.31 Å². The van der Waals surface area contributed by atoms with Crippen molar-refractivity contribution in [2.24, 2.45) is 0 Å². The van der Waals surface area contributed by atoms with Crippen LogP contribution in [-0.4, -0.2) is 24.1 Å². The third-order valence-corrected chi connectivity index (χ3v) is 5.13. The molecule has 0 unspecified atom stereocenters. The van der Waals surface area contributed by atoms with Crippen molar-refractivity contribution in [3.8, 4) is 0 Å². The number of halogens is 3. The van der Waals surface area contributed by atoms with Gasteiger partial charge in [-0.2, -0.15) is 25.8 Å². The van der Waals surface area contributed by atoms with Gasteiger partial charge in [0.25, 0.3) is 0 Å². The molecule has 7 heteroatoms. The smallest absolute Gasteiger partial charge is 0.400 e. The van der Waals surface area contributed by atoms with Crippen LogP contribution < -0.4 is 0 Å². The normalized spacial score (nSPS) is 20.5. The van der Waals surface area contributed by atoms with Gasteiger partial charge in [-0.05, 0) is 57.3 Å². The summed E-state index contributed by atoms with van der Waals surface area (Å²) in [5.74, 6) is 0.326. The summed E-state index contributed by atoms with van der Waals surface area (Å²) in [7, 11) is -0.624. The minimum Gasteiger partial charge on any atom is -0.400 e. The maximum absolute atomic E-state index is 13.1. The van der Waals surface area contributed by atoms with Crippen LogP contribution in [-0.2, 0) is 15.5 Å². The summed E-state index contributed by atoms with van der Waals surface area (Å²) in [5.41, 5.74) is -0.294. The molecule has 0 atom stereocenters. The first-order chi connectivity index (χ1) is 10.9. The van der Waals surface area contributed by atoms with Crippen LogP contribution in [0.2, 0.25) is 0 Å². The van der Waals surface area contributed by atoms with Crippen LogP contribution in [0.3, 0.4) is 0 Å². The van der Waals surface area contributed by atoms with Gasteiger partial charge in [0.15, 0.2) is 0 Å². The fourth-order valence-electron chi connectivity index (χ4n) is 2.50. The van der Waals surface area contributed by atoms with Crippen molar-refractivity contribution in [1.82, 2.24) is 0 Å². The molecule has 0 radical (unpaired) electrons. The van der Waals surface area contributed by atoms with Crippen molar-refractivity contribution < 1.29 is 22.5 Å². The van der Waals surface area contributed by atoms with E-state index in [0.717, 1.165) is 6.07 Å². The van der Waals surface area contributed by atoms with Gasteiger partial charge >= 0.3 is 13.3 Å². The zero-order valence-corrected chi connectivity index (χ0v) is 15.4. The van der Waals surface area contributed by atoms with Gasteiger partial charge in [-0.3, -0.25) is 0 Å². The van der Waals surface area contributed by atoms with Crippen LogP contribution in [0.4, 0.5) is 13.2 Å². The van der Waals surface area contributed by atoms with E-state index in [1.807, 2.05) is 27.7 Å². The quantitative estimate of drug-likeness (QED) is 0.608. The van der Waals surface area contributed by atoms with Gasteiger partial charge in [0.2, 0.25) is 0 Å². The summed E-state index contributed by atoms with van der Waals surface area (Å²) < 4.78 is 51.1. The van der Waals surface area contributed by atoms with Gasteiger partial charge in [-0.15, -0.1) is 0 Å². The first-order valence-corrected chi connectivity index (χ1v) is 8.36. The second-order valence-electron chi connectivity index (χ2n) is 6.98. The highest BCUT2D eigenvalue weighted by Crippen LogP contribution is 2.39. The minimum absolute atomic E-state index is 0.181. The lowest BCUT2D eigenvalue weighted by molar-refractivity contribution is -0.138. The monoisotopic (exact) mass is 358 g/mol. The molecule has 0 aliphatic carbocycles. The second kappa shape index (κ2) is 6.43. The van der Waals surface area contributed by atoms with Crippen molar-refractivity contribution in [2.75, 3.05) is 5.75 Å². The van der Waals surface area contributed by atoms with Crippen LogP contribution in [0.1, 0.15) is 44.4 Å².